The lowest BCUT2D eigenvalue weighted by molar-refractivity contribution is 0.0600. The van der Waals surface area contributed by atoms with Crippen molar-refractivity contribution in [2.45, 2.75) is 12.5 Å². The first-order valence-corrected chi connectivity index (χ1v) is 10.5. The minimum Gasteiger partial charge on any atom is -0.465 e. The van der Waals surface area contributed by atoms with Gasteiger partial charge in [0.2, 0.25) is 0 Å². The molecule has 176 valence electrons. The van der Waals surface area contributed by atoms with Crippen molar-refractivity contribution in [3.63, 3.8) is 0 Å². The van der Waals surface area contributed by atoms with E-state index in [2.05, 4.69) is 20.1 Å². The van der Waals surface area contributed by atoms with Crippen LogP contribution in [0.5, 0.6) is 5.75 Å². The van der Waals surface area contributed by atoms with Crippen LogP contribution in [0.2, 0.25) is 0 Å². The molecule has 1 fully saturated rings. The van der Waals surface area contributed by atoms with E-state index in [1.165, 1.54) is 18.1 Å². The molecule has 0 spiro atoms. The van der Waals surface area contributed by atoms with Crippen LogP contribution in [0.25, 0.3) is 11.1 Å². The van der Waals surface area contributed by atoms with Crippen molar-refractivity contribution in [2.24, 2.45) is 7.05 Å². The fourth-order valence-corrected chi connectivity index (χ4v) is 3.66. The van der Waals surface area contributed by atoms with Gasteiger partial charge in [0.1, 0.15) is 11.6 Å². The molecule has 11 heteroatoms. The lowest BCUT2D eigenvalue weighted by Gasteiger charge is -2.17. The van der Waals surface area contributed by atoms with E-state index in [0.717, 1.165) is 11.1 Å². The molecule has 11 nitrogen and oxygen atoms in total. The van der Waals surface area contributed by atoms with E-state index in [0.29, 0.717) is 13.0 Å². The third kappa shape index (κ3) is 4.98. The summed E-state index contributed by atoms with van der Waals surface area (Å²) < 4.78 is 11.7. The number of pyridine rings is 1. The third-order valence-corrected chi connectivity index (χ3v) is 5.44. The number of carbonyl (C=O) groups is 3. The van der Waals surface area contributed by atoms with Crippen LogP contribution in [0.3, 0.4) is 0 Å². The molecule has 0 radical (unpaired) electrons. The van der Waals surface area contributed by atoms with Gasteiger partial charge in [-0.1, -0.05) is 6.07 Å². The summed E-state index contributed by atoms with van der Waals surface area (Å²) in [4.78, 5) is 42.7. The molecule has 1 aromatic carbocycles. The van der Waals surface area contributed by atoms with Crippen molar-refractivity contribution in [3.05, 3.63) is 60.0 Å². The topological polar surface area (TPSA) is 142 Å². The lowest BCUT2D eigenvalue weighted by Crippen LogP contribution is -2.39. The number of ether oxygens (including phenoxy) is 2. The van der Waals surface area contributed by atoms with Gasteiger partial charge in [0.15, 0.2) is 0 Å². The first-order chi connectivity index (χ1) is 16.3. The molecule has 1 atom stereocenters. The lowest BCUT2D eigenvalue weighted by atomic mass is 10.1. The number of nitrogen functional groups attached to an aromatic ring is 1. The van der Waals surface area contributed by atoms with Gasteiger partial charge in [0.05, 0.1) is 24.4 Å². The van der Waals surface area contributed by atoms with Gasteiger partial charge in [-0.25, -0.2) is 14.6 Å². The summed E-state index contributed by atoms with van der Waals surface area (Å²) in [5.41, 5.74) is 8.01. The number of likely N-dealkylation sites (tertiary alicyclic amines) is 1. The Morgan fingerprint density at radius 3 is 2.74 bits per heavy atom. The normalized spacial score (nSPS) is 15.1. The predicted molar refractivity (Wildman–Crippen MR) is 122 cm³/mol. The van der Waals surface area contributed by atoms with Gasteiger partial charge in [-0.2, -0.15) is 5.10 Å². The predicted octanol–water partition coefficient (Wildman–Crippen LogP) is 1.85. The SMILES string of the molecule is COC(=O)c1cccc(OC(=O)N2CC[C@@H](NC(=O)c3cc(-c4cnn(C)c4)cnc3N)C2)c1. The highest BCUT2D eigenvalue weighted by atomic mass is 16.6. The first kappa shape index (κ1) is 22.8. The Bertz CT molecular complexity index is 1240. The molecule has 4 rings (SSSR count). The molecule has 3 heterocycles. The number of aryl methyl sites for hydroxylation is 1. The number of aromatic nitrogens is 3. The Morgan fingerprint density at radius 2 is 2.00 bits per heavy atom. The molecule has 1 aliphatic heterocycles. The molecule has 0 aliphatic carbocycles. The molecule has 2 aromatic heterocycles. The van der Waals surface area contributed by atoms with Gasteiger partial charge < -0.3 is 25.4 Å². The molecule has 3 aromatic rings. The van der Waals surface area contributed by atoms with Gasteiger partial charge in [-0.3, -0.25) is 9.48 Å². The van der Waals surface area contributed by atoms with Gasteiger partial charge in [0.25, 0.3) is 5.91 Å². The van der Waals surface area contributed by atoms with Gasteiger partial charge in [-0.05, 0) is 30.7 Å². The minimum absolute atomic E-state index is 0.116. The van der Waals surface area contributed by atoms with E-state index < -0.39 is 12.1 Å². The van der Waals surface area contributed by atoms with Crippen molar-refractivity contribution >= 4 is 23.8 Å². The number of hydrogen-bond donors (Lipinski definition) is 2. The number of esters is 1. The van der Waals surface area contributed by atoms with E-state index >= 15 is 0 Å². The Labute approximate surface area is 195 Å². The number of nitrogens with two attached hydrogens (primary N) is 1. The summed E-state index contributed by atoms with van der Waals surface area (Å²) in [7, 11) is 3.08. The second kappa shape index (κ2) is 9.61. The summed E-state index contributed by atoms with van der Waals surface area (Å²) >= 11 is 0. The number of benzene rings is 1. The molecular weight excluding hydrogens is 440 g/mol. The zero-order valence-electron chi connectivity index (χ0n) is 18.7. The number of amides is 2. The van der Waals surface area contributed by atoms with Gasteiger partial charge in [-0.15, -0.1) is 0 Å². The van der Waals surface area contributed by atoms with E-state index in [9.17, 15) is 14.4 Å². The Hall–Kier alpha value is -4.41. The molecule has 0 bridgehead atoms. The Balaban J connectivity index is 1.37. The van der Waals surface area contributed by atoms with E-state index in [-0.39, 0.29) is 41.2 Å². The number of nitrogens with zero attached hydrogens (tertiary/aromatic N) is 4. The van der Waals surface area contributed by atoms with Crippen LogP contribution in [0.15, 0.2) is 48.9 Å². The van der Waals surface area contributed by atoms with Crippen LogP contribution in [0.1, 0.15) is 27.1 Å². The number of nitrogens with one attached hydrogen (secondary N) is 1. The molecule has 34 heavy (non-hydrogen) atoms. The van der Waals surface area contributed by atoms with E-state index in [1.54, 1.807) is 48.4 Å². The van der Waals surface area contributed by atoms with Crippen LogP contribution in [0.4, 0.5) is 10.6 Å². The summed E-state index contributed by atoms with van der Waals surface area (Å²) in [5, 5.41) is 7.04. The monoisotopic (exact) mass is 464 g/mol. The van der Waals surface area contributed by atoms with E-state index in [4.69, 9.17) is 10.5 Å². The maximum absolute atomic E-state index is 12.9. The summed E-state index contributed by atoms with van der Waals surface area (Å²) in [6.07, 6.45) is 5.06. The number of carbonyl (C=O) groups excluding carboxylic acids is 3. The van der Waals surface area contributed by atoms with Gasteiger partial charge >= 0.3 is 12.1 Å². The largest absolute Gasteiger partial charge is 0.465 e. The molecule has 3 N–H and O–H groups in total. The average molecular weight is 464 g/mol. The molecular formula is C23H24N6O5. The maximum atomic E-state index is 12.9. The standard InChI is InChI=1S/C23H24N6O5/c1-28-12-16(11-26-28)15-9-19(20(24)25-10-15)21(30)27-17-6-7-29(13-17)23(32)34-18-5-3-4-14(8-18)22(31)33-2/h3-5,8-12,17H,6-7,13H2,1-2H3,(H2,24,25)(H,27,30)/t17-/m1/s1. The van der Waals surface area contributed by atoms with Crippen molar-refractivity contribution in [1.29, 1.82) is 0 Å². The van der Waals surface area contributed by atoms with Crippen LogP contribution < -0.4 is 15.8 Å². The highest BCUT2D eigenvalue weighted by molar-refractivity contribution is 5.99. The number of hydrogen-bond acceptors (Lipinski definition) is 8. The number of rotatable bonds is 5. The number of methoxy groups -OCH3 is 1. The quantitative estimate of drug-likeness (QED) is 0.545. The van der Waals surface area contributed by atoms with Crippen molar-refractivity contribution < 1.29 is 23.9 Å². The fourth-order valence-electron chi connectivity index (χ4n) is 3.66. The van der Waals surface area contributed by atoms with Crippen LogP contribution in [-0.2, 0) is 11.8 Å². The third-order valence-electron chi connectivity index (χ3n) is 5.44. The van der Waals surface area contributed by atoms with Crippen molar-refractivity contribution in [3.8, 4) is 16.9 Å². The molecule has 1 saturated heterocycles. The average Bonchev–Trinajstić information content (AvgIpc) is 3.48. The zero-order chi connectivity index (χ0) is 24.2. The van der Waals surface area contributed by atoms with Crippen LogP contribution in [0, 0.1) is 0 Å². The van der Waals surface area contributed by atoms with Crippen LogP contribution in [-0.4, -0.2) is 63.9 Å². The van der Waals surface area contributed by atoms with Crippen molar-refractivity contribution in [2.75, 3.05) is 25.9 Å². The minimum atomic E-state index is -0.571. The van der Waals surface area contributed by atoms with Crippen LogP contribution >= 0.6 is 0 Å². The highest BCUT2D eigenvalue weighted by Gasteiger charge is 2.29. The number of anilines is 1. The Morgan fingerprint density at radius 1 is 1.18 bits per heavy atom. The molecule has 0 unspecified atom stereocenters. The fraction of sp³-hybridized carbons (Fsp3) is 0.261. The molecule has 1 aliphatic rings. The van der Waals surface area contributed by atoms with E-state index in [1.807, 2.05) is 6.20 Å². The summed E-state index contributed by atoms with van der Waals surface area (Å²) in [5.74, 6) is -0.554. The summed E-state index contributed by atoms with van der Waals surface area (Å²) in [6.45, 7) is 0.681. The first-order valence-electron chi connectivity index (χ1n) is 10.5. The maximum Gasteiger partial charge on any atom is 0.415 e. The highest BCUT2D eigenvalue weighted by Crippen LogP contribution is 2.22. The van der Waals surface area contributed by atoms with Crippen molar-refractivity contribution in [1.82, 2.24) is 25.0 Å². The smallest absolute Gasteiger partial charge is 0.415 e. The Kier molecular flexibility index (Phi) is 6.44. The second-order valence-electron chi connectivity index (χ2n) is 7.85. The second-order valence-corrected chi connectivity index (χ2v) is 7.85. The van der Waals surface area contributed by atoms with Gasteiger partial charge in [0, 0.05) is 49.7 Å². The molecule has 0 saturated carbocycles. The molecule has 2 amide bonds. The zero-order valence-corrected chi connectivity index (χ0v) is 18.7. The summed E-state index contributed by atoms with van der Waals surface area (Å²) in [6, 6.07) is 7.57.